The molecule has 0 radical (unpaired) electrons. The van der Waals surface area contributed by atoms with Gasteiger partial charge < -0.3 is 10.6 Å². The van der Waals surface area contributed by atoms with Crippen LogP contribution in [0.5, 0.6) is 0 Å². The maximum atomic E-state index is 13.0. The first kappa shape index (κ1) is 11.6. The molecule has 1 unspecified atom stereocenters. The molecule has 0 saturated carbocycles. The van der Waals surface area contributed by atoms with E-state index in [1.807, 2.05) is 0 Å². The van der Waals surface area contributed by atoms with Gasteiger partial charge in [0.25, 0.3) is 0 Å². The molecule has 1 heterocycles. The van der Waals surface area contributed by atoms with Crippen molar-refractivity contribution in [2.24, 2.45) is 0 Å². The molecule has 1 saturated heterocycles. The summed E-state index contributed by atoms with van der Waals surface area (Å²) in [6.07, 6.45) is 0.266. The largest absolute Gasteiger partial charge is 0.345 e. The summed E-state index contributed by atoms with van der Waals surface area (Å²) in [7, 11) is 0. The first-order valence-electron chi connectivity index (χ1n) is 5.33. The highest BCUT2D eigenvalue weighted by atomic mass is 19.1. The zero-order valence-electron chi connectivity index (χ0n) is 9.42. The van der Waals surface area contributed by atoms with E-state index >= 15 is 0 Å². The molecule has 2 N–H and O–H groups in total. The Morgan fingerprint density at radius 1 is 1.41 bits per heavy atom. The number of amides is 2. The smallest absolute Gasteiger partial charge is 0.246 e. The highest BCUT2D eigenvalue weighted by molar-refractivity contribution is 5.97. The van der Waals surface area contributed by atoms with Crippen LogP contribution in [0.3, 0.4) is 0 Å². The molecule has 0 spiro atoms. The average Bonchev–Trinajstić information content (AvgIpc) is 2.24. The second kappa shape index (κ2) is 4.16. The minimum Gasteiger partial charge on any atom is -0.345 e. The molecular formula is C12H13FN2O2. The number of carbonyl (C=O) groups excluding carboxylic acids is 2. The highest BCUT2D eigenvalue weighted by Gasteiger charge is 2.38. The van der Waals surface area contributed by atoms with E-state index in [0.717, 1.165) is 0 Å². The molecule has 2 amide bonds. The number of rotatable bonds is 2. The van der Waals surface area contributed by atoms with E-state index < -0.39 is 5.54 Å². The van der Waals surface area contributed by atoms with Crippen LogP contribution in [-0.2, 0) is 16.0 Å². The minimum absolute atomic E-state index is 0.00241. The molecule has 4 nitrogen and oxygen atoms in total. The lowest BCUT2D eigenvalue weighted by Crippen LogP contribution is -2.65. The predicted octanol–water partition coefficient (Wildman–Crippen LogP) is 0.373. The van der Waals surface area contributed by atoms with Crippen molar-refractivity contribution in [1.82, 2.24) is 10.6 Å². The van der Waals surface area contributed by atoms with Crippen LogP contribution in [0.2, 0.25) is 0 Å². The predicted molar refractivity (Wildman–Crippen MR) is 59.7 cm³/mol. The number of piperazine rings is 1. The highest BCUT2D eigenvalue weighted by Crippen LogP contribution is 2.16. The van der Waals surface area contributed by atoms with Gasteiger partial charge >= 0.3 is 0 Å². The lowest BCUT2D eigenvalue weighted by atomic mass is 9.90. The molecule has 1 aromatic carbocycles. The van der Waals surface area contributed by atoms with Crippen LogP contribution in [0.25, 0.3) is 0 Å². The van der Waals surface area contributed by atoms with Gasteiger partial charge in [0.2, 0.25) is 11.8 Å². The summed E-state index contributed by atoms with van der Waals surface area (Å²) in [5.41, 5.74) is -0.340. The Balaban J connectivity index is 2.21. The van der Waals surface area contributed by atoms with Crippen molar-refractivity contribution in [2.45, 2.75) is 18.9 Å². The zero-order valence-corrected chi connectivity index (χ0v) is 9.42. The van der Waals surface area contributed by atoms with Crippen molar-refractivity contribution < 1.29 is 14.0 Å². The van der Waals surface area contributed by atoms with Gasteiger partial charge in [-0.1, -0.05) is 12.1 Å². The molecule has 0 aromatic heterocycles. The summed E-state index contributed by atoms with van der Waals surface area (Å²) in [4.78, 5) is 23.0. The molecule has 2 rings (SSSR count). The van der Waals surface area contributed by atoms with Crippen molar-refractivity contribution in [3.8, 4) is 0 Å². The molecule has 1 fully saturated rings. The number of nitrogens with one attached hydrogen (secondary N) is 2. The van der Waals surface area contributed by atoms with Crippen molar-refractivity contribution in [2.75, 3.05) is 6.54 Å². The molecule has 1 aliphatic rings. The van der Waals surface area contributed by atoms with Crippen molar-refractivity contribution >= 4 is 11.8 Å². The number of benzene rings is 1. The topological polar surface area (TPSA) is 58.2 Å². The molecule has 1 aromatic rings. The minimum atomic E-state index is -1.01. The maximum Gasteiger partial charge on any atom is 0.246 e. The Labute approximate surface area is 98.2 Å². The molecule has 1 atom stereocenters. The SMILES string of the molecule is CC1(Cc2cccc(F)c2)NC(=O)CNC1=O. The second-order valence-electron chi connectivity index (χ2n) is 4.37. The van der Waals surface area contributed by atoms with E-state index in [1.165, 1.54) is 12.1 Å². The van der Waals surface area contributed by atoms with Crippen LogP contribution in [0.1, 0.15) is 12.5 Å². The summed E-state index contributed by atoms with van der Waals surface area (Å²) in [6, 6.07) is 6.00. The Kier molecular flexibility index (Phi) is 2.83. The monoisotopic (exact) mass is 236 g/mol. The number of hydrogen-bond donors (Lipinski definition) is 2. The lowest BCUT2D eigenvalue weighted by Gasteiger charge is -2.33. The summed E-state index contributed by atoms with van der Waals surface area (Å²) < 4.78 is 13.0. The molecular weight excluding hydrogens is 223 g/mol. The molecule has 0 bridgehead atoms. The average molecular weight is 236 g/mol. The van der Waals surface area contributed by atoms with Gasteiger partial charge in [0.1, 0.15) is 11.4 Å². The summed E-state index contributed by atoms with van der Waals surface area (Å²) in [5, 5.41) is 5.15. The fourth-order valence-electron chi connectivity index (χ4n) is 1.94. The first-order chi connectivity index (χ1) is 7.99. The van der Waals surface area contributed by atoms with Gasteiger partial charge in [-0.3, -0.25) is 9.59 Å². The van der Waals surface area contributed by atoms with Crippen LogP contribution in [-0.4, -0.2) is 23.9 Å². The Hall–Kier alpha value is -1.91. The number of hydrogen-bond acceptors (Lipinski definition) is 2. The summed E-state index contributed by atoms with van der Waals surface area (Å²) in [5.74, 6) is -0.835. The van der Waals surface area contributed by atoms with Crippen LogP contribution >= 0.6 is 0 Å². The van der Waals surface area contributed by atoms with Gasteiger partial charge in [-0.15, -0.1) is 0 Å². The molecule has 0 aliphatic carbocycles. The van der Waals surface area contributed by atoms with Gasteiger partial charge in [-0.25, -0.2) is 4.39 Å². The van der Waals surface area contributed by atoms with Gasteiger partial charge in [0.05, 0.1) is 6.54 Å². The standard InChI is InChI=1S/C12H13FN2O2/c1-12(11(17)14-7-10(16)15-12)6-8-3-2-4-9(13)5-8/h2-5H,6-7H2,1H3,(H,14,17)(H,15,16). The third-order valence-electron chi connectivity index (χ3n) is 2.77. The van der Waals surface area contributed by atoms with Crippen LogP contribution < -0.4 is 10.6 Å². The van der Waals surface area contributed by atoms with Crippen molar-refractivity contribution in [3.05, 3.63) is 35.6 Å². The Morgan fingerprint density at radius 2 is 2.18 bits per heavy atom. The second-order valence-corrected chi connectivity index (χ2v) is 4.37. The van der Waals surface area contributed by atoms with E-state index in [9.17, 15) is 14.0 Å². The van der Waals surface area contributed by atoms with Crippen LogP contribution in [0.4, 0.5) is 4.39 Å². The molecule has 5 heteroatoms. The Bertz CT molecular complexity index is 475. The van der Waals surface area contributed by atoms with Gasteiger partial charge in [0, 0.05) is 6.42 Å². The number of halogens is 1. The van der Waals surface area contributed by atoms with Crippen molar-refractivity contribution in [1.29, 1.82) is 0 Å². The fraction of sp³-hybridized carbons (Fsp3) is 0.333. The third kappa shape index (κ3) is 2.43. The van der Waals surface area contributed by atoms with Crippen molar-refractivity contribution in [3.63, 3.8) is 0 Å². The van der Waals surface area contributed by atoms with Gasteiger partial charge in [0.15, 0.2) is 0 Å². The summed E-state index contributed by atoms with van der Waals surface area (Å²) in [6.45, 7) is 1.63. The van der Waals surface area contributed by atoms with E-state index in [2.05, 4.69) is 10.6 Å². The molecule has 90 valence electrons. The lowest BCUT2D eigenvalue weighted by molar-refractivity contribution is -0.137. The molecule has 17 heavy (non-hydrogen) atoms. The van der Waals surface area contributed by atoms with E-state index in [0.29, 0.717) is 5.56 Å². The fourth-order valence-corrected chi connectivity index (χ4v) is 1.94. The van der Waals surface area contributed by atoms with Crippen LogP contribution in [0.15, 0.2) is 24.3 Å². The van der Waals surface area contributed by atoms with E-state index in [1.54, 1.807) is 19.1 Å². The quantitative estimate of drug-likeness (QED) is 0.779. The maximum absolute atomic E-state index is 13.0. The Morgan fingerprint density at radius 3 is 2.88 bits per heavy atom. The van der Waals surface area contributed by atoms with E-state index in [4.69, 9.17) is 0 Å². The van der Waals surface area contributed by atoms with Gasteiger partial charge in [-0.05, 0) is 24.6 Å². The van der Waals surface area contributed by atoms with Gasteiger partial charge in [-0.2, -0.15) is 0 Å². The van der Waals surface area contributed by atoms with Crippen LogP contribution in [0, 0.1) is 5.82 Å². The third-order valence-corrected chi connectivity index (χ3v) is 2.77. The zero-order chi connectivity index (χ0) is 12.5. The van der Waals surface area contributed by atoms with E-state index in [-0.39, 0.29) is 30.6 Å². The normalized spacial score (nSPS) is 24.1. The number of carbonyl (C=O) groups is 2. The first-order valence-corrected chi connectivity index (χ1v) is 5.33. The summed E-state index contributed by atoms with van der Waals surface area (Å²) >= 11 is 0. The molecule has 1 aliphatic heterocycles.